The van der Waals surface area contributed by atoms with Crippen LogP contribution < -0.4 is 11.3 Å². The van der Waals surface area contributed by atoms with Gasteiger partial charge in [0.2, 0.25) is 0 Å². The Balaban J connectivity index is 1.32. The molecule has 0 N–H and O–H groups in total. The van der Waals surface area contributed by atoms with Gasteiger partial charge in [-0.05, 0) is 12.1 Å². The van der Waals surface area contributed by atoms with Crippen molar-refractivity contribution in [1.29, 1.82) is 0 Å². The summed E-state index contributed by atoms with van der Waals surface area (Å²) in [5.41, 5.74) is 0.592. The van der Waals surface area contributed by atoms with Gasteiger partial charge in [0.05, 0.1) is 0 Å². The molecule has 0 amide bonds. The monoisotopic (exact) mass is 410 g/mol. The molecule has 0 bridgehead atoms. The molecule has 9 nitrogen and oxygen atoms in total. The molecular formula is C21H14O9. The Morgan fingerprint density at radius 3 is 1.60 bits per heavy atom. The molecule has 9 heteroatoms. The largest absolute Gasteiger partial charge is 0.573 e. The van der Waals surface area contributed by atoms with Gasteiger partial charge in [-0.1, -0.05) is 36.4 Å². The molecule has 0 spiro atoms. The Labute approximate surface area is 167 Å². The Morgan fingerprint density at radius 1 is 0.700 bits per heavy atom. The summed E-state index contributed by atoms with van der Waals surface area (Å²) < 4.78 is 10.1. The van der Waals surface area contributed by atoms with Gasteiger partial charge in [-0.15, -0.1) is 0 Å². The Kier molecular flexibility index (Phi) is 5.55. The molecule has 2 aromatic heterocycles. The highest BCUT2D eigenvalue weighted by Crippen LogP contribution is 2.18. The summed E-state index contributed by atoms with van der Waals surface area (Å²) in [5, 5.41) is 1.28. The summed E-state index contributed by atoms with van der Waals surface area (Å²) in [7, 11) is 0. The summed E-state index contributed by atoms with van der Waals surface area (Å²) in [6.45, 7) is -0.406. The molecule has 0 unspecified atom stereocenters. The minimum absolute atomic E-state index is 0.203. The van der Waals surface area contributed by atoms with E-state index in [1.807, 2.05) is 0 Å². The first kappa shape index (κ1) is 19.4. The maximum atomic E-state index is 11.6. The number of rotatable bonds is 6. The fourth-order valence-electron chi connectivity index (χ4n) is 2.89. The van der Waals surface area contributed by atoms with Crippen molar-refractivity contribution in [3.05, 3.63) is 92.6 Å². The number of benzene rings is 2. The van der Waals surface area contributed by atoms with Gasteiger partial charge in [0.15, 0.2) is 0 Å². The first-order valence-electron chi connectivity index (χ1n) is 8.76. The highest BCUT2D eigenvalue weighted by Gasteiger charge is 2.12. The number of hydrogen-bond donors (Lipinski definition) is 0. The SMILES string of the molecule is O=C(OOCc1cc(=O)oc2ccccc12)OOCc1cc(=O)oc2ccccc12. The molecular weight excluding hydrogens is 396 g/mol. The van der Waals surface area contributed by atoms with Crippen molar-refractivity contribution < 1.29 is 33.2 Å². The van der Waals surface area contributed by atoms with Crippen molar-refractivity contribution in [2.24, 2.45) is 0 Å². The molecule has 30 heavy (non-hydrogen) atoms. The molecule has 152 valence electrons. The zero-order valence-corrected chi connectivity index (χ0v) is 15.4. The lowest BCUT2D eigenvalue weighted by atomic mass is 10.1. The van der Waals surface area contributed by atoms with E-state index in [-0.39, 0.29) is 13.2 Å². The van der Waals surface area contributed by atoms with Gasteiger partial charge in [0.25, 0.3) is 0 Å². The van der Waals surface area contributed by atoms with Gasteiger partial charge in [0.1, 0.15) is 24.4 Å². The standard InChI is InChI=1S/C21H14O9/c22-19-9-13(15-5-1-3-7-17(15)27-19)11-25-29-21(24)30-26-12-14-10-20(23)28-18-8-4-2-6-16(14)18/h1-10H,11-12H2. The van der Waals surface area contributed by atoms with Crippen LogP contribution in [0.2, 0.25) is 0 Å². The lowest BCUT2D eigenvalue weighted by Gasteiger charge is -2.07. The topological polar surface area (TPSA) is 114 Å². The van der Waals surface area contributed by atoms with E-state index in [2.05, 4.69) is 9.78 Å². The van der Waals surface area contributed by atoms with Crippen LogP contribution in [0.3, 0.4) is 0 Å². The third-order valence-electron chi connectivity index (χ3n) is 4.15. The second kappa shape index (κ2) is 8.60. The van der Waals surface area contributed by atoms with Crippen molar-refractivity contribution in [3.63, 3.8) is 0 Å². The molecule has 0 saturated heterocycles. The summed E-state index contributed by atoms with van der Waals surface area (Å²) in [6, 6.07) is 16.2. The number of carbonyl (C=O) groups excluding carboxylic acids is 1. The van der Waals surface area contributed by atoms with Crippen molar-refractivity contribution in [2.45, 2.75) is 13.2 Å². The second-order valence-electron chi connectivity index (χ2n) is 6.11. The lowest BCUT2D eigenvalue weighted by molar-refractivity contribution is -0.328. The van der Waals surface area contributed by atoms with E-state index in [0.29, 0.717) is 33.1 Å². The van der Waals surface area contributed by atoms with E-state index in [1.165, 1.54) is 12.1 Å². The van der Waals surface area contributed by atoms with Gasteiger partial charge in [0, 0.05) is 34.0 Å². The van der Waals surface area contributed by atoms with Crippen LogP contribution in [0, 0.1) is 0 Å². The fraction of sp³-hybridized carbons (Fsp3) is 0.0952. The zero-order chi connectivity index (χ0) is 20.9. The smallest absolute Gasteiger partial charge is 0.423 e. The van der Waals surface area contributed by atoms with E-state index < -0.39 is 17.4 Å². The van der Waals surface area contributed by atoms with E-state index in [0.717, 1.165) is 0 Å². The molecule has 4 rings (SSSR count). The van der Waals surface area contributed by atoms with Crippen LogP contribution in [0.5, 0.6) is 0 Å². The van der Waals surface area contributed by atoms with Gasteiger partial charge in [-0.25, -0.2) is 9.59 Å². The second-order valence-corrected chi connectivity index (χ2v) is 6.11. The maximum absolute atomic E-state index is 11.6. The molecule has 4 aromatic rings. The maximum Gasteiger partial charge on any atom is 0.573 e. The Bertz CT molecular complexity index is 1220. The first-order chi connectivity index (χ1) is 14.6. The summed E-state index contributed by atoms with van der Waals surface area (Å²) in [4.78, 5) is 53.5. The Morgan fingerprint density at radius 2 is 1.13 bits per heavy atom. The molecule has 2 heterocycles. The average Bonchev–Trinajstić information content (AvgIpc) is 2.73. The van der Waals surface area contributed by atoms with Crippen LogP contribution in [-0.2, 0) is 32.8 Å². The summed E-state index contributed by atoms with van der Waals surface area (Å²) >= 11 is 0. The molecule has 0 aliphatic carbocycles. The van der Waals surface area contributed by atoms with Crippen LogP contribution in [0.15, 0.2) is 79.1 Å². The molecule has 0 aliphatic heterocycles. The van der Waals surface area contributed by atoms with Gasteiger partial charge < -0.3 is 8.83 Å². The van der Waals surface area contributed by atoms with Gasteiger partial charge >= 0.3 is 17.4 Å². The number of para-hydroxylation sites is 2. The molecule has 0 fully saturated rings. The summed E-state index contributed by atoms with van der Waals surface area (Å²) in [5.74, 6) is 0. The highest BCUT2D eigenvalue weighted by atomic mass is 17.3. The fourth-order valence-corrected chi connectivity index (χ4v) is 2.89. The number of fused-ring (bicyclic) bond motifs is 2. The van der Waals surface area contributed by atoms with Crippen LogP contribution in [0.4, 0.5) is 4.79 Å². The van der Waals surface area contributed by atoms with Crippen molar-refractivity contribution in [3.8, 4) is 0 Å². The number of carbonyl (C=O) groups is 1. The van der Waals surface area contributed by atoms with Crippen LogP contribution in [0.1, 0.15) is 11.1 Å². The van der Waals surface area contributed by atoms with Crippen LogP contribution in [-0.4, -0.2) is 6.16 Å². The van der Waals surface area contributed by atoms with Gasteiger partial charge in [-0.3, -0.25) is 9.78 Å². The molecule has 0 radical (unpaired) electrons. The van der Waals surface area contributed by atoms with Crippen LogP contribution in [0.25, 0.3) is 21.9 Å². The molecule has 0 aliphatic rings. The lowest BCUT2D eigenvalue weighted by Crippen LogP contribution is -2.10. The molecule has 2 aromatic carbocycles. The van der Waals surface area contributed by atoms with Crippen molar-refractivity contribution >= 4 is 28.1 Å². The van der Waals surface area contributed by atoms with E-state index in [1.54, 1.807) is 48.5 Å². The molecule has 0 atom stereocenters. The van der Waals surface area contributed by atoms with E-state index >= 15 is 0 Å². The van der Waals surface area contributed by atoms with Crippen molar-refractivity contribution in [2.75, 3.05) is 0 Å². The van der Waals surface area contributed by atoms with E-state index in [4.69, 9.17) is 18.6 Å². The third kappa shape index (κ3) is 4.37. The highest BCUT2D eigenvalue weighted by molar-refractivity contribution is 5.80. The van der Waals surface area contributed by atoms with Gasteiger partial charge in [-0.2, -0.15) is 14.6 Å². The normalized spacial score (nSPS) is 10.9. The van der Waals surface area contributed by atoms with Crippen molar-refractivity contribution in [1.82, 2.24) is 0 Å². The molecule has 0 saturated carbocycles. The zero-order valence-electron chi connectivity index (χ0n) is 15.4. The first-order valence-corrected chi connectivity index (χ1v) is 8.76. The quantitative estimate of drug-likeness (QED) is 0.267. The minimum atomic E-state index is -1.26. The third-order valence-corrected chi connectivity index (χ3v) is 4.15. The number of hydrogen-bond acceptors (Lipinski definition) is 9. The predicted octanol–water partition coefficient (Wildman–Crippen LogP) is 3.62. The predicted molar refractivity (Wildman–Crippen MR) is 102 cm³/mol. The van der Waals surface area contributed by atoms with E-state index in [9.17, 15) is 14.4 Å². The average molecular weight is 410 g/mol. The van der Waals surface area contributed by atoms with Crippen LogP contribution >= 0.6 is 0 Å². The summed E-state index contributed by atoms with van der Waals surface area (Å²) in [6.07, 6.45) is -1.26. The Hall–Kier alpha value is -3.95. The minimum Gasteiger partial charge on any atom is -0.423 e.